The quantitative estimate of drug-likeness (QED) is 0.0638. The molecule has 15 heteroatoms. The molecule has 1 aromatic heterocycles. The summed E-state index contributed by atoms with van der Waals surface area (Å²) in [4.78, 5) is 40.2. The van der Waals surface area contributed by atoms with Crippen LogP contribution in [0.1, 0.15) is 42.3 Å². The lowest BCUT2D eigenvalue weighted by molar-refractivity contribution is -0.264. The van der Waals surface area contributed by atoms with Gasteiger partial charge in [0.1, 0.15) is 18.5 Å². The van der Waals surface area contributed by atoms with E-state index in [0.29, 0.717) is 16.0 Å². The zero-order valence-corrected chi connectivity index (χ0v) is 31.7. The van der Waals surface area contributed by atoms with Crippen LogP contribution in [0.25, 0.3) is 11.1 Å². The highest BCUT2D eigenvalue weighted by Crippen LogP contribution is 2.44. The smallest absolute Gasteiger partial charge is 0.433 e. The number of carbonyl (C=O) groups is 3. The van der Waals surface area contributed by atoms with Crippen molar-refractivity contribution < 1.29 is 60.4 Å². The zero-order valence-electron chi connectivity index (χ0n) is 31.7. The second-order valence-electron chi connectivity index (χ2n) is 13.4. The first kappa shape index (κ1) is 41.2. The van der Waals surface area contributed by atoms with Gasteiger partial charge < -0.3 is 28.4 Å². The molecular weight excluding hydrogens is 788 g/mol. The van der Waals surface area contributed by atoms with Crippen LogP contribution in [0.5, 0.6) is 11.6 Å². The minimum atomic E-state index is -5.02. The van der Waals surface area contributed by atoms with Crippen molar-refractivity contribution >= 4 is 17.9 Å². The summed E-state index contributed by atoms with van der Waals surface area (Å²) >= 11 is 0. The van der Waals surface area contributed by atoms with Crippen molar-refractivity contribution in [2.24, 2.45) is 0 Å². The van der Waals surface area contributed by atoms with Crippen molar-refractivity contribution in [2.75, 3.05) is 13.7 Å². The van der Waals surface area contributed by atoms with E-state index in [9.17, 15) is 14.4 Å². The number of alkyl halides is 4. The van der Waals surface area contributed by atoms with Gasteiger partial charge in [-0.1, -0.05) is 97.1 Å². The largest absolute Gasteiger partial charge is 0.497 e. The minimum Gasteiger partial charge on any atom is -0.497 e. The lowest BCUT2D eigenvalue weighted by atomic mass is 9.99. The van der Waals surface area contributed by atoms with Gasteiger partial charge in [0.25, 0.3) is 0 Å². The third kappa shape index (κ3) is 9.48. The summed E-state index contributed by atoms with van der Waals surface area (Å²) in [5.41, 5.74) is -1.14. The summed E-state index contributed by atoms with van der Waals surface area (Å²) in [6.07, 6.45) is -15.2. The Balaban J connectivity index is 1.34. The molecule has 2 heterocycles. The molecule has 7 rings (SSSR count). The SMILES string of the molecule is COc1ccc(-c2c(O[C@H]3O[C@H](COC(=O)c4ccccc4)[C@@H](F)[C@H](OC(=O)c4ccccc4)[C@H]3OC(=O)c3ccccc3)nn(Cc3ccccc3)c2C(F)(F)F)cc1. The second-order valence-corrected chi connectivity index (χ2v) is 13.4. The van der Waals surface area contributed by atoms with Crippen molar-refractivity contribution in [3.8, 4) is 22.8 Å². The van der Waals surface area contributed by atoms with Crippen molar-refractivity contribution in [3.05, 3.63) is 174 Å². The van der Waals surface area contributed by atoms with Gasteiger partial charge in [0, 0.05) is 0 Å². The number of rotatable bonds is 13. The Bertz CT molecular complexity index is 2380. The van der Waals surface area contributed by atoms with E-state index in [2.05, 4.69) is 5.10 Å². The zero-order chi connectivity index (χ0) is 42.2. The van der Waals surface area contributed by atoms with E-state index < -0.39 is 78.6 Å². The molecule has 1 aliphatic heterocycles. The van der Waals surface area contributed by atoms with E-state index >= 15 is 17.6 Å². The number of benzene rings is 5. The molecule has 5 aromatic carbocycles. The first-order valence-corrected chi connectivity index (χ1v) is 18.6. The molecule has 1 saturated heterocycles. The summed E-state index contributed by atoms with van der Waals surface area (Å²) in [6, 6.07) is 36.8. The number of halogens is 4. The third-order valence-electron chi connectivity index (χ3n) is 9.43. The molecule has 308 valence electrons. The van der Waals surface area contributed by atoms with Crippen LogP contribution in [0.2, 0.25) is 0 Å². The standard InChI is InChI=1S/C45H36F4N2O9/c1-55-33-24-22-29(23-25-33)35-39(45(47,48)49)51(26-28-14-6-2-7-15-28)50-40(35)60-44-38(59-43(54)32-20-12-5-13-21-32)37(58-42(53)31-18-10-4-11-19-31)36(46)34(57-44)27-56-41(52)30-16-8-3-9-17-30/h2-25,34,36-38,44H,26-27H2,1H3/t34-,36-,37+,38-,44-/m1/s1. The highest BCUT2D eigenvalue weighted by molar-refractivity contribution is 5.91. The molecule has 0 spiro atoms. The Labute approximate surface area is 341 Å². The number of nitrogens with zero attached hydrogens (tertiary/aromatic N) is 2. The van der Waals surface area contributed by atoms with E-state index in [1.165, 1.54) is 67.8 Å². The molecule has 11 nitrogen and oxygen atoms in total. The Morgan fingerprint density at radius 3 is 1.70 bits per heavy atom. The van der Waals surface area contributed by atoms with Crippen LogP contribution in [0, 0.1) is 0 Å². The molecular formula is C45H36F4N2O9. The average molecular weight is 825 g/mol. The van der Waals surface area contributed by atoms with Crippen LogP contribution >= 0.6 is 0 Å². The molecule has 1 aliphatic rings. The van der Waals surface area contributed by atoms with Gasteiger partial charge >= 0.3 is 24.1 Å². The lowest BCUT2D eigenvalue weighted by Crippen LogP contribution is -2.61. The summed E-state index contributed by atoms with van der Waals surface area (Å²) < 4.78 is 97.9. The predicted molar refractivity (Wildman–Crippen MR) is 207 cm³/mol. The van der Waals surface area contributed by atoms with Gasteiger partial charge in [-0.25, -0.2) is 18.8 Å². The van der Waals surface area contributed by atoms with Crippen LogP contribution in [0.15, 0.2) is 146 Å². The molecule has 1 fully saturated rings. The minimum absolute atomic E-state index is 0.00382. The molecule has 0 aliphatic carbocycles. The molecule has 0 unspecified atom stereocenters. The normalized spacial score (nSPS) is 18.9. The van der Waals surface area contributed by atoms with Crippen LogP contribution in [-0.4, -0.2) is 72.2 Å². The molecule has 0 amide bonds. The van der Waals surface area contributed by atoms with Crippen molar-refractivity contribution in [2.45, 2.75) is 43.5 Å². The molecule has 0 N–H and O–H groups in total. The van der Waals surface area contributed by atoms with Gasteiger partial charge in [0.2, 0.25) is 18.3 Å². The maximum absolute atomic E-state index is 16.9. The Morgan fingerprint density at radius 1 is 0.683 bits per heavy atom. The maximum atomic E-state index is 16.9. The summed E-state index contributed by atoms with van der Waals surface area (Å²) in [5.74, 6) is -3.22. The predicted octanol–water partition coefficient (Wildman–Crippen LogP) is 8.38. The van der Waals surface area contributed by atoms with E-state index in [4.69, 9.17) is 28.4 Å². The van der Waals surface area contributed by atoms with Crippen LogP contribution < -0.4 is 9.47 Å². The molecule has 5 atom stereocenters. The fourth-order valence-corrected chi connectivity index (χ4v) is 6.51. The Morgan fingerprint density at radius 2 is 1.18 bits per heavy atom. The summed E-state index contributed by atoms with van der Waals surface area (Å²) in [6.45, 7) is -1.14. The van der Waals surface area contributed by atoms with E-state index in [1.54, 1.807) is 84.9 Å². The number of esters is 3. The highest BCUT2D eigenvalue weighted by Gasteiger charge is 2.54. The average Bonchev–Trinajstić information content (AvgIpc) is 3.64. The first-order valence-electron chi connectivity index (χ1n) is 18.6. The topological polar surface area (TPSA) is 124 Å². The lowest BCUT2D eigenvalue weighted by Gasteiger charge is -2.41. The van der Waals surface area contributed by atoms with E-state index in [-0.39, 0.29) is 28.8 Å². The number of aromatic nitrogens is 2. The fraction of sp³-hybridized carbons (Fsp3) is 0.200. The Kier molecular flexibility index (Phi) is 12.5. The van der Waals surface area contributed by atoms with E-state index in [0.717, 1.165) is 0 Å². The van der Waals surface area contributed by atoms with Gasteiger partial charge in [-0.2, -0.15) is 13.2 Å². The van der Waals surface area contributed by atoms with Crippen molar-refractivity contribution in [1.29, 1.82) is 0 Å². The molecule has 60 heavy (non-hydrogen) atoms. The number of hydrogen-bond donors (Lipinski definition) is 0. The van der Waals surface area contributed by atoms with Gasteiger partial charge in [-0.15, -0.1) is 5.10 Å². The summed E-state index contributed by atoms with van der Waals surface area (Å²) in [5, 5.41) is 4.28. The molecule has 6 aromatic rings. The number of carbonyl (C=O) groups excluding carboxylic acids is 3. The molecule has 0 radical (unpaired) electrons. The van der Waals surface area contributed by atoms with Gasteiger partial charge in [-0.05, 0) is 59.7 Å². The molecule has 0 bridgehead atoms. The van der Waals surface area contributed by atoms with Crippen LogP contribution in [0.3, 0.4) is 0 Å². The molecule has 0 saturated carbocycles. The second kappa shape index (κ2) is 18.3. The Hall–Kier alpha value is -7.00. The number of methoxy groups -OCH3 is 1. The van der Waals surface area contributed by atoms with E-state index in [1.807, 2.05) is 0 Å². The van der Waals surface area contributed by atoms with Gasteiger partial charge in [0.15, 0.2) is 18.0 Å². The number of ether oxygens (including phenoxy) is 6. The van der Waals surface area contributed by atoms with Crippen molar-refractivity contribution in [3.63, 3.8) is 0 Å². The van der Waals surface area contributed by atoms with Crippen LogP contribution in [0.4, 0.5) is 17.6 Å². The van der Waals surface area contributed by atoms with Gasteiger partial charge in [-0.3, -0.25) is 4.68 Å². The third-order valence-corrected chi connectivity index (χ3v) is 9.43. The maximum Gasteiger partial charge on any atom is 0.433 e. The highest BCUT2D eigenvalue weighted by atomic mass is 19.4. The van der Waals surface area contributed by atoms with Crippen molar-refractivity contribution in [1.82, 2.24) is 9.78 Å². The van der Waals surface area contributed by atoms with Crippen LogP contribution in [-0.2, 0) is 31.7 Å². The number of hydrogen-bond acceptors (Lipinski definition) is 10. The fourth-order valence-electron chi connectivity index (χ4n) is 6.51. The van der Waals surface area contributed by atoms with Gasteiger partial charge in [0.05, 0.1) is 35.9 Å². The monoisotopic (exact) mass is 824 g/mol. The first-order chi connectivity index (χ1) is 29.0. The summed E-state index contributed by atoms with van der Waals surface area (Å²) in [7, 11) is 1.40.